The Hall–Kier alpha value is -1.74. The first kappa shape index (κ1) is 19.0. The van der Waals surface area contributed by atoms with Gasteiger partial charge in [0, 0.05) is 10.8 Å². The number of fused-ring (bicyclic) bond motifs is 6. The minimum atomic E-state index is -0.108. The maximum Gasteiger partial charge on any atom is 0.0577 e. The standard InChI is InChI=1S/C27H34N2O/c1-26-11-9-21(30)14-20(26)5-6-22-24-8-7-23(27(24,2)12-10-25(22)26)17-3-4-18-15-28-29-16-19(18)13-17/h3-5,13,15-16,21-25,30H,6-12,14H2,1-2H3/t21-,22-,23+,24-,25-,26-,27+/m0/s1. The monoisotopic (exact) mass is 402 g/mol. The van der Waals surface area contributed by atoms with Gasteiger partial charge in [0.2, 0.25) is 0 Å². The Kier molecular flexibility index (Phi) is 4.19. The topological polar surface area (TPSA) is 46.0 Å². The molecule has 1 heterocycles. The molecule has 1 aromatic heterocycles. The number of hydrogen-bond donors (Lipinski definition) is 1. The molecule has 1 aromatic carbocycles. The molecule has 0 spiro atoms. The molecule has 7 atom stereocenters. The molecule has 4 aliphatic carbocycles. The average Bonchev–Trinajstić information content (AvgIpc) is 3.11. The number of rotatable bonds is 1. The Morgan fingerprint density at radius 1 is 0.933 bits per heavy atom. The van der Waals surface area contributed by atoms with Crippen LogP contribution < -0.4 is 0 Å². The summed E-state index contributed by atoms with van der Waals surface area (Å²) in [7, 11) is 0. The Morgan fingerprint density at radius 3 is 2.63 bits per heavy atom. The van der Waals surface area contributed by atoms with Crippen LogP contribution in [-0.4, -0.2) is 21.4 Å². The van der Waals surface area contributed by atoms with E-state index in [0.717, 1.165) is 30.6 Å². The predicted molar refractivity (Wildman–Crippen MR) is 120 cm³/mol. The van der Waals surface area contributed by atoms with Crippen LogP contribution >= 0.6 is 0 Å². The van der Waals surface area contributed by atoms with Gasteiger partial charge in [-0.15, -0.1) is 0 Å². The lowest BCUT2D eigenvalue weighted by Gasteiger charge is -2.58. The summed E-state index contributed by atoms with van der Waals surface area (Å²) in [5.41, 5.74) is 3.84. The van der Waals surface area contributed by atoms with Crippen molar-refractivity contribution in [2.45, 2.75) is 77.2 Å². The van der Waals surface area contributed by atoms with E-state index in [1.54, 1.807) is 5.57 Å². The summed E-state index contributed by atoms with van der Waals surface area (Å²) in [5.74, 6) is 3.12. The van der Waals surface area contributed by atoms with Gasteiger partial charge in [0.15, 0.2) is 0 Å². The Labute approximate surface area is 180 Å². The average molecular weight is 403 g/mol. The number of aliphatic hydroxyl groups is 1. The molecule has 0 saturated heterocycles. The Morgan fingerprint density at radius 2 is 1.77 bits per heavy atom. The van der Waals surface area contributed by atoms with Gasteiger partial charge in [-0.3, -0.25) is 0 Å². The minimum absolute atomic E-state index is 0.108. The fourth-order valence-corrected chi connectivity index (χ4v) is 8.42. The van der Waals surface area contributed by atoms with Gasteiger partial charge in [-0.25, -0.2) is 0 Å². The van der Waals surface area contributed by atoms with Crippen molar-refractivity contribution in [3.05, 3.63) is 47.8 Å². The summed E-state index contributed by atoms with van der Waals surface area (Å²) >= 11 is 0. The number of aliphatic hydroxyl groups excluding tert-OH is 1. The lowest BCUT2D eigenvalue weighted by atomic mass is 9.47. The van der Waals surface area contributed by atoms with Crippen LogP contribution in [0.15, 0.2) is 42.2 Å². The first-order chi connectivity index (χ1) is 14.5. The number of nitrogens with zero attached hydrogens (tertiary/aromatic N) is 2. The number of allylic oxidation sites excluding steroid dienone is 1. The smallest absolute Gasteiger partial charge is 0.0577 e. The molecule has 30 heavy (non-hydrogen) atoms. The number of benzene rings is 1. The van der Waals surface area contributed by atoms with E-state index in [-0.39, 0.29) is 6.10 Å². The largest absolute Gasteiger partial charge is 0.393 e. The fraction of sp³-hybridized carbons (Fsp3) is 0.630. The van der Waals surface area contributed by atoms with Gasteiger partial charge in [0.05, 0.1) is 18.5 Å². The van der Waals surface area contributed by atoms with E-state index in [1.165, 1.54) is 54.9 Å². The molecule has 2 aromatic rings. The number of hydrogen-bond acceptors (Lipinski definition) is 3. The van der Waals surface area contributed by atoms with E-state index in [2.05, 4.69) is 48.3 Å². The summed E-state index contributed by atoms with van der Waals surface area (Å²) in [6.07, 6.45) is 16.0. The predicted octanol–water partition coefficient (Wildman–Crippen LogP) is 6.04. The second kappa shape index (κ2) is 6.63. The lowest BCUT2D eigenvalue weighted by Crippen LogP contribution is -2.50. The zero-order chi connectivity index (χ0) is 20.5. The Bertz CT molecular complexity index is 1010. The van der Waals surface area contributed by atoms with Gasteiger partial charge < -0.3 is 5.11 Å². The molecule has 158 valence electrons. The summed E-state index contributed by atoms with van der Waals surface area (Å²) in [6.45, 7) is 5.13. The molecular formula is C27H34N2O. The molecule has 3 nitrogen and oxygen atoms in total. The molecule has 3 saturated carbocycles. The zero-order valence-corrected chi connectivity index (χ0v) is 18.3. The van der Waals surface area contributed by atoms with Crippen molar-refractivity contribution in [2.75, 3.05) is 0 Å². The molecule has 0 amide bonds. The maximum atomic E-state index is 10.2. The van der Waals surface area contributed by atoms with Crippen molar-refractivity contribution in [1.29, 1.82) is 0 Å². The van der Waals surface area contributed by atoms with E-state index in [4.69, 9.17) is 0 Å². The molecule has 0 radical (unpaired) electrons. The lowest BCUT2D eigenvalue weighted by molar-refractivity contribution is -0.0409. The molecule has 0 bridgehead atoms. The molecular weight excluding hydrogens is 368 g/mol. The third-order valence-electron chi connectivity index (χ3n) is 10.1. The van der Waals surface area contributed by atoms with Crippen LogP contribution in [0.5, 0.6) is 0 Å². The van der Waals surface area contributed by atoms with Gasteiger partial charge in [-0.2, -0.15) is 10.2 Å². The van der Waals surface area contributed by atoms with Crippen LogP contribution in [0.1, 0.15) is 76.7 Å². The van der Waals surface area contributed by atoms with Crippen LogP contribution in [0.4, 0.5) is 0 Å². The van der Waals surface area contributed by atoms with E-state index in [1.807, 2.05) is 12.4 Å². The summed E-state index contributed by atoms with van der Waals surface area (Å²) in [6, 6.07) is 6.99. The molecule has 3 heteroatoms. The van der Waals surface area contributed by atoms with Crippen molar-refractivity contribution in [3.63, 3.8) is 0 Å². The molecule has 1 N–H and O–H groups in total. The van der Waals surface area contributed by atoms with Crippen molar-refractivity contribution < 1.29 is 5.11 Å². The summed E-state index contributed by atoms with van der Waals surface area (Å²) < 4.78 is 0. The molecule has 4 aliphatic rings. The molecule has 3 fully saturated rings. The highest BCUT2D eigenvalue weighted by Crippen LogP contribution is 2.68. The van der Waals surface area contributed by atoms with Gasteiger partial charge >= 0.3 is 0 Å². The highest BCUT2D eigenvalue weighted by molar-refractivity contribution is 5.81. The van der Waals surface area contributed by atoms with Crippen LogP contribution in [0, 0.1) is 28.6 Å². The number of aromatic nitrogens is 2. The van der Waals surface area contributed by atoms with Gasteiger partial charge in [0.1, 0.15) is 0 Å². The molecule has 0 aliphatic heterocycles. The highest BCUT2D eigenvalue weighted by Gasteiger charge is 2.58. The van der Waals surface area contributed by atoms with E-state index in [0.29, 0.717) is 16.7 Å². The second-order valence-electron chi connectivity index (χ2n) is 11.2. The van der Waals surface area contributed by atoms with Gasteiger partial charge in [0.25, 0.3) is 0 Å². The van der Waals surface area contributed by atoms with Crippen LogP contribution in [-0.2, 0) is 0 Å². The van der Waals surface area contributed by atoms with Crippen LogP contribution in [0.2, 0.25) is 0 Å². The summed E-state index contributed by atoms with van der Waals surface area (Å²) in [5, 5.41) is 20.8. The van der Waals surface area contributed by atoms with Crippen molar-refractivity contribution in [2.24, 2.45) is 28.6 Å². The fourth-order valence-electron chi connectivity index (χ4n) is 8.42. The van der Waals surface area contributed by atoms with E-state index in [9.17, 15) is 5.11 Å². The molecule has 0 unspecified atom stereocenters. The quantitative estimate of drug-likeness (QED) is 0.592. The van der Waals surface area contributed by atoms with Crippen molar-refractivity contribution in [3.8, 4) is 0 Å². The normalized spacial score (nSPS) is 42.9. The maximum absolute atomic E-state index is 10.2. The third kappa shape index (κ3) is 2.60. The van der Waals surface area contributed by atoms with E-state index >= 15 is 0 Å². The van der Waals surface area contributed by atoms with Crippen molar-refractivity contribution in [1.82, 2.24) is 10.2 Å². The third-order valence-corrected chi connectivity index (χ3v) is 10.1. The summed E-state index contributed by atoms with van der Waals surface area (Å²) in [4.78, 5) is 0. The highest BCUT2D eigenvalue weighted by atomic mass is 16.3. The first-order valence-electron chi connectivity index (χ1n) is 12.1. The first-order valence-corrected chi connectivity index (χ1v) is 12.1. The van der Waals surface area contributed by atoms with Gasteiger partial charge in [-0.05, 0) is 97.5 Å². The Balaban J connectivity index is 1.33. The van der Waals surface area contributed by atoms with Crippen LogP contribution in [0.25, 0.3) is 10.8 Å². The van der Waals surface area contributed by atoms with Crippen LogP contribution in [0.3, 0.4) is 0 Å². The van der Waals surface area contributed by atoms with E-state index < -0.39 is 0 Å². The SMILES string of the molecule is C[C@]12CC[C@H]3[C@@H](CC=C4C[C@@H](O)CC[C@@]43C)[C@@H]1CC[C@@H]2c1ccc2cnncc2c1. The van der Waals surface area contributed by atoms with Crippen molar-refractivity contribution >= 4 is 10.8 Å². The van der Waals surface area contributed by atoms with Gasteiger partial charge in [-0.1, -0.05) is 37.6 Å². The minimum Gasteiger partial charge on any atom is -0.393 e. The molecule has 6 rings (SSSR count). The zero-order valence-electron chi connectivity index (χ0n) is 18.3. The second-order valence-corrected chi connectivity index (χ2v) is 11.2.